The molecule has 6 nitrogen and oxygen atoms in total. The first-order valence-electron chi connectivity index (χ1n) is 9.27. The zero-order valence-electron chi connectivity index (χ0n) is 15.5. The summed E-state index contributed by atoms with van der Waals surface area (Å²) in [6.45, 7) is 4.62. The Balaban J connectivity index is 1.29. The lowest BCUT2D eigenvalue weighted by Gasteiger charge is -2.35. The largest absolute Gasteiger partial charge is 0.497 e. The van der Waals surface area contributed by atoms with Gasteiger partial charge in [0.2, 0.25) is 11.8 Å². The van der Waals surface area contributed by atoms with Gasteiger partial charge in [-0.2, -0.15) is 0 Å². The molecule has 2 heterocycles. The first kappa shape index (κ1) is 17.5. The molecule has 0 spiro atoms. The second-order valence-electron chi connectivity index (χ2n) is 6.71. The average molecular weight is 364 g/mol. The maximum absolute atomic E-state index is 5.84. The number of benzene rings is 2. The maximum atomic E-state index is 5.84. The van der Waals surface area contributed by atoms with Crippen LogP contribution in [0.15, 0.2) is 59.0 Å². The van der Waals surface area contributed by atoms with Gasteiger partial charge >= 0.3 is 0 Å². The Morgan fingerprint density at radius 3 is 2.30 bits per heavy atom. The summed E-state index contributed by atoms with van der Waals surface area (Å²) in [4.78, 5) is 4.75. The molecule has 1 fully saturated rings. The smallest absolute Gasteiger partial charge is 0.230 e. The third-order valence-electron chi connectivity index (χ3n) is 4.88. The molecular weight excluding hydrogens is 340 g/mol. The van der Waals surface area contributed by atoms with Crippen LogP contribution in [0.2, 0.25) is 0 Å². The van der Waals surface area contributed by atoms with Crippen LogP contribution in [0.1, 0.15) is 17.3 Å². The van der Waals surface area contributed by atoms with Crippen molar-refractivity contribution in [3.63, 3.8) is 0 Å². The lowest BCUT2D eigenvalue weighted by Crippen LogP contribution is -2.46. The van der Waals surface area contributed by atoms with Crippen LogP contribution >= 0.6 is 0 Å². The van der Waals surface area contributed by atoms with Crippen LogP contribution in [-0.4, -0.2) is 48.4 Å². The first-order valence-corrected chi connectivity index (χ1v) is 9.27. The van der Waals surface area contributed by atoms with E-state index in [0.29, 0.717) is 24.7 Å². The highest BCUT2D eigenvalue weighted by Crippen LogP contribution is 2.21. The van der Waals surface area contributed by atoms with Crippen molar-refractivity contribution >= 4 is 5.69 Å². The summed E-state index contributed by atoms with van der Waals surface area (Å²) in [7, 11) is 1.69. The molecule has 1 saturated heterocycles. The van der Waals surface area contributed by atoms with Crippen molar-refractivity contribution in [3.8, 4) is 5.75 Å². The number of rotatable bonds is 6. The van der Waals surface area contributed by atoms with Crippen molar-refractivity contribution in [3.05, 3.63) is 71.9 Å². The topological polar surface area (TPSA) is 54.6 Å². The molecule has 1 aliphatic rings. The number of piperazine rings is 1. The second-order valence-corrected chi connectivity index (χ2v) is 6.71. The van der Waals surface area contributed by atoms with Crippen molar-refractivity contribution in [1.82, 2.24) is 15.1 Å². The van der Waals surface area contributed by atoms with E-state index in [-0.39, 0.29) is 0 Å². The zero-order valence-corrected chi connectivity index (χ0v) is 15.5. The van der Waals surface area contributed by atoms with Crippen LogP contribution in [0.4, 0.5) is 5.69 Å². The van der Waals surface area contributed by atoms with Crippen LogP contribution in [-0.2, 0) is 13.0 Å². The van der Waals surface area contributed by atoms with Crippen LogP contribution in [0.3, 0.4) is 0 Å². The minimum atomic E-state index is 0.674. The van der Waals surface area contributed by atoms with Crippen molar-refractivity contribution < 1.29 is 9.15 Å². The molecule has 0 amide bonds. The summed E-state index contributed by atoms with van der Waals surface area (Å²) >= 11 is 0. The standard InChI is InChI=1S/C21H24N4O2/c1-26-19-9-7-18(8-10-19)25-13-11-24(12-14-25)16-21-23-22-20(27-21)15-17-5-3-2-4-6-17/h2-10H,11-16H2,1H3. The summed E-state index contributed by atoms with van der Waals surface area (Å²) in [6.07, 6.45) is 0.680. The van der Waals surface area contributed by atoms with E-state index < -0.39 is 0 Å². The van der Waals surface area contributed by atoms with E-state index in [1.54, 1.807) is 7.11 Å². The lowest BCUT2D eigenvalue weighted by atomic mass is 10.2. The van der Waals surface area contributed by atoms with Crippen LogP contribution in [0.5, 0.6) is 5.75 Å². The highest BCUT2D eigenvalue weighted by Gasteiger charge is 2.19. The third kappa shape index (κ3) is 4.46. The first-order chi connectivity index (χ1) is 13.3. The van der Waals surface area contributed by atoms with Gasteiger partial charge in [-0.15, -0.1) is 10.2 Å². The Hall–Kier alpha value is -2.86. The SMILES string of the molecule is COc1ccc(N2CCN(Cc3nnc(Cc4ccccc4)o3)CC2)cc1. The van der Waals surface area contributed by atoms with Gasteiger partial charge in [0.1, 0.15) is 5.75 Å². The quantitative estimate of drug-likeness (QED) is 0.670. The van der Waals surface area contributed by atoms with Crippen molar-refractivity contribution in [2.75, 3.05) is 38.2 Å². The normalized spacial score (nSPS) is 15.1. The van der Waals surface area contributed by atoms with E-state index in [2.05, 4.69) is 44.3 Å². The molecule has 0 unspecified atom stereocenters. The van der Waals surface area contributed by atoms with E-state index >= 15 is 0 Å². The maximum Gasteiger partial charge on any atom is 0.230 e. The molecule has 6 heteroatoms. The lowest BCUT2D eigenvalue weighted by molar-refractivity contribution is 0.224. The fraction of sp³-hybridized carbons (Fsp3) is 0.333. The van der Waals surface area contributed by atoms with E-state index in [4.69, 9.17) is 9.15 Å². The van der Waals surface area contributed by atoms with E-state index in [0.717, 1.165) is 31.9 Å². The van der Waals surface area contributed by atoms with Crippen LogP contribution in [0, 0.1) is 0 Å². The van der Waals surface area contributed by atoms with Gasteiger partial charge in [0, 0.05) is 31.9 Å². The monoisotopic (exact) mass is 364 g/mol. The number of hydrogen-bond acceptors (Lipinski definition) is 6. The molecule has 3 aromatic rings. The molecule has 0 saturated carbocycles. The number of nitrogens with zero attached hydrogens (tertiary/aromatic N) is 4. The molecule has 27 heavy (non-hydrogen) atoms. The van der Waals surface area contributed by atoms with Gasteiger partial charge in [0.25, 0.3) is 0 Å². The Kier molecular flexibility index (Phi) is 5.34. The fourth-order valence-corrected chi connectivity index (χ4v) is 3.34. The minimum absolute atomic E-state index is 0.674. The fourth-order valence-electron chi connectivity index (χ4n) is 3.34. The van der Waals surface area contributed by atoms with Gasteiger partial charge in [0.15, 0.2) is 0 Å². The summed E-state index contributed by atoms with van der Waals surface area (Å²) in [5, 5.41) is 8.41. The molecule has 0 N–H and O–H groups in total. The van der Waals surface area contributed by atoms with Crippen molar-refractivity contribution in [2.24, 2.45) is 0 Å². The van der Waals surface area contributed by atoms with Gasteiger partial charge in [-0.05, 0) is 29.8 Å². The Morgan fingerprint density at radius 1 is 0.889 bits per heavy atom. The molecule has 0 atom stereocenters. The summed E-state index contributed by atoms with van der Waals surface area (Å²) in [5.74, 6) is 2.26. The van der Waals surface area contributed by atoms with E-state index in [1.807, 2.05) is 30.3 Å². The number of anilines is 1. The number of aromatic nitrogens is 2. The molecule has 140 valence electrons. The number of hydrogen-bond donors (Lipinski definition) is 0. The van der Waals surface area contributed by atoms with E-state index in [9.17, 15) is 0 Å². The molecule has 0 radical (unpaired) electrons. The number of methoxy groups -OCH3 is 1. The summed E-state index contributed by atoms with van der Waals surface area (Å²) in [5.41, 5.74) is 2.42. The average Bonchev–Trinajstić information content (AvgIpc) is 3.16. The second kappa shape index (κ2) is 8.22. The molecule has 2 aromatic carbocycles. The molecule has 4 rings (SSSR count). The van der Waals surface area contributed by atoms with Crippen molar-refractivity contribution in [2.45, 2.75) is 13.0 Å². The summed E-state index contributed by atoms with van der Waals surface area (Å²) in [6, 6.07) is 18.4. The minimum Gasteiger partial charge on any atom is -0.497 e. The predicted octanol–water partition coefficient (Wildman–Crippen LogP) is 2.99. The molecule has 1 aliphatic heterocycles. The van der Waals surface area contributed by atoms with Crippen molar-refractivity contribution in [1.29, 1.82) is 0 Å². The predicted molar refractivity (Wildman–Crippen MR) is 104 cm³/mol. The molecular formula is C21H24N4O2. The Morgan fingerprint density at radius 2 is 1.59 bits per heavy atom. The molecule has 1 aromatic heterocycles. The molecule has 0 bridgehead atoms. The van der Waals surface area contributed by atoms with Gasteiger partial charge in [-0.25, -0.2) is 0 Å². The third-order valence-corrected chi connectivity index (χ3v) is 4.88. The highest BCUT2D eigenvalue weighted by atomic mass is 16.5. The van der Waals surface area contributed by atoms with Gasteiger partial charge in [-0.1, -0.05) is 30.3 Å². The number of ether oxygens (including phenoxy) is 1. The van der Waals surface area contributed by atoms with Gasteiger partial charge in [-0.3, -0.25) is 4.90 Å². The van der Waals surface area contributed by atoms with E-state index in [1.165, 1.54) is 11.3 Å². The van der Waals surface area contributed by atoms with Gasteiger partial charge < -0.3 is 14.1 Å². The molecule has 0 aliphatic carbocycles. The summed E-state index contributed by atoms with van der Waals surface area (Å²) < 4.78 is 11.1. The highest BCUT2D eigenvalue weighted by molar-refractivity contribution is 5.49. The Bertz CT molecular complexity index is 840. The zero-order chi connectivity index (χ0) is 18.5. The van der Waals surface area contributed by atoms with Gasteiger partial charge in [0.05, 0.1) is 20.1 Å². The Labute approximate surface area is 159 Å². The van der Waals surface area contributed by atoms with Crippen LogP contribution in [0.25, 0.3) is 0 Å². The van der Waals surface area contributed by atoms with Crippen LogP contribution < -0.4 is 9.64 Å².